The monoisotopic (exact) mass is 684 g/mol. The Bertz CT molecular complexity index is 1830. The minimum Gasteiger partial charge on any atom is -0.456 e. The number of halogens is 1. The molecule has 46 heavy (non-hydrogen) atoms. The van der Waals surface area contributed by atoms with Gasteiger partial charge >= 0.3 is 6.01 Å². The van der Waals surface area contributed by atoms with Crippen molar-refractivity contribution in [3.8, 4) is 28.4 Å². The van der Waals surface area contributed by atoms with Gasteiger partial charge in [0.1, 0.15) is 30.6 Å². The molecule has 0 unspecified atom stereocenters. The summed E-state index contributed by atoms with van der Waals surface area (Å²) in [7, 11) is -3.46. The van der Waals surface area contributed by atoms with Gasteiger partial charge in [-0.3, -0.25) is 8.78 Å². The first kappa shape index (κ1) is 33.1. The molecule has 2 saturated heterocycles. The Morgan fingerprint density at radius 2 is 1.76 bits per heavy atom. The summed E-state index contributed by atoms with van der Waals surface area (Å²) in [4.78, 5) is 9.73. The molecule has 0 aliphatic carbocycles. The Hall–Kier alpha value is -2.84. The molecule has 0 bridgehead atoms. The molecule has 0 radical (unpaired) electrons. The number of aromatic nitrogens is 3. The van der Waals surface area contributed by atoms with Gasteiger partial charge in [-0.2, -0.15) is 4.98 Å². The van der Waals surface area contributed by atoms with Crippen LogP contribution in [0.1, 0.15) is 5.56 Å². The van der Waals surface area contributed by atoms with Crippen molar-refractivity contribution < 1.29 is 28.3 Å². The molecular formula is C33H41ClN4O6SSi. The maximum absolute atomic E-state index is 12.0. The van der Waals surface area contributed by atoms with E-state index in [4.69, 9.17) is 40.5 Å². The van der Waals surface area contributed by atoms with Crippen molar-refractivity contribution in [2.24, 2.45) is 4.36 Å². The molecule has 2 aliphatic rings. The van der Waals surface area contributed by atoms with Crippen molar-refractivity contribution in [2.45, 2.75) is 63.4 Å². The molecule has 6 rings (SSSR count). The number of hydrogen-bond acceptors (Lipinski definition) is 9. The van der Waals surface area contributed by atoms with E-state index in [0.717, 1.165) is 28.3 Å². The zero-order valence-corrected chi connectivity index (χ0v) is 29.4. The highest BCUT2D eigenvalue weighted by atomic mass is 35.5. The number of pyridine rings is 1. The predicted molar refractivity (Wildman–Crippen MR) is 184 cm³/mol. The highest BCUT2D eigenvalue weighted by Gasteiger charge is 2.49. The molecular weight excluding hydrogens is 644 g/mol. The van der Waals surface area contributed by atoms with Crippen molar-refractivity contribution >= 4 is 40.6 Å². The molecule has 2 aromatic carbocycles. The van der Waals surface area contributed by atoms with Gasteiger partial charge in [-0.15, -0.1) is 0 Å². The minimum atomic E-state index is -2.17. The number of fused-ring (bicyclic) bond motifs is 2. The van der Waals surface area contributed by atoms with Crippen molar-refractivity contribution in [1.82, 2.24) is 14.5 Å². The summed E-state index contributed by atoms with van der Waals surface area (Å²) in [6.45, 7) is 8.68. The van der Waals surface area contributed by atoms with Gasteiger partial charge in [0.15, 0.2) is 11.8 Å². The fourth-order valence-corrected chi connectivity index (χ4v) is 7.00. The van der Waals surface area contributed by atoms with E-state index >= 15 is 0 Å². The van der Waals surface area contributed by atoms with Crippen LogP contribution in [-0.4, -0.2) is 88.7 Å². The molecule has 2 aromatic heterocycles. The summed E-state index contributed by atoms with van der Waals surface area (Å²) >= 11 is 6.80. The van der Waals surface area contributed by atoms with Crippen LogP contribution in [0.4, 0.5) is 0 Å². The maximum Gasteiger partial charge on any atom is 0.301 e. The lowest BCUT2D eigenvalue weighted by Crippen LogP contribution is -2.35. The van der Waals surface area contributed by atoms with Crippen LogP contribution >= 0.6 is 11.6 Å². The summed E-state index contributed by atoms with van der Waals surface area (Å²) in [5.74, 6) is 0. The van der Waals surface area contributed by atoms with E-state index in [1.807, 2.05) is 47.0 Å². The second kappa shape index (κ2) is 13.3. The number of nitrogens with zero attached hydrogens (tertiary/aromatic N) is 4. The average Bonchev–Trinajstić information content (AvgIpc) is 3.68. The summed E-state index contributed by atoms with van der Waals surface area (Å²) in [6.07, 6.45) is 1.39. The topological polar surface area (TPSA) is 117 Å². The predicted octanol–water partition coefficient (Wildman–Crippen LogP) is 5.86. The summed E-state index contributed by atoms with van der Waals surface area (Å²) in [6, 6.07) is 19.3. The molecule has 4 aromatic rings. The fourth-order valence-electron chi connectivity index (χ4n) is 5.53. The zero-order valence-electron chi connectivity index (χ0n) is 26.8. The average molecular weight is 685 g/mol. The lowest BCUT2D eigenvalue weighted by Gasteiger charge is -2.19. The SMILES string of the molecule is C[Si](C)(C)CCOCn1c(O[C@@H]2CO[C@H]3[C@@H]2OC[C@H]3O)nc2cc(Cl)c(-c3ccc(-c4cccc(CN=S(C)(C)=O)c4)cc3)nc21. The number of aliphatic hydroxyl groups excluding tert-OH is 1. The Morgan fingerprint density at radius 3 is 2.50 bits per heavy atom. The maximum atomic E-state index is 12.0. The van der Waals surface area contributed by atoms with Gasteiger partial charge in [-0.25, -0.2) is 9.35 Å². The number of ether oxygens (including phenoxy) is 4. The molecule has 246 valence electrons. The normalized spacial score (nSPS) is 21.5. The minimum absolute atomic E-state index is 0.210. The van der Waals surface area contributed by atoms with Crippen LogP contribution in [0, 0.1) is 0 Å². The number of aliphatic hydroxyl groups is 1. The van der Waals surface area contributed by atoms with E-state index < -0.39 is 36.1 Å². The molecule has 1 N–H and O–H groups in total. The van der Waals surface area contributed by atoms with Gasteiger partial charge < -0.3 is 24.1 Å². The molecule has 2 aliphatic heterocycles. The van der Waals surface area contributed by atoms with Crippen molar-refractivity contribution in [3.63, 3.8) is 0 Å². The smallest absolute Gasteiger partial charge is 0.301 e. The van der Waals surface area contributed by atoms with Crippen LogP contribution in [-0.2, 0) is 37.2 Å². The quantitative estimate of drug-likeness (QED) is 0.154. The second-order valence-corrected chi connectivity index (χ2v) is 22.0. The third-order valence-electron chi connectivity index (χ3n) is 8.07. The number of imidazole rings is 1. The Labute approximate surface area is 276 Å². The van der Waals surface area contributed by atoms with Gasteiger partial charge in [0.2, 0.25) is 0 Å². The van der Waals surface area contributed by atoms with Gasteiger partial charge in [0.25, 0.3) is 0 Å². The van der Waals surface area contributed by atoms with E-state index in [9.17, 15) is 9.32 Å². The van der Waals surface area contributed by atoms with E-state index in [1.54, 1.807) is 18.6 Å². The summed E-state index contributed by atoms with van der Waals surface area (Å²) < 4.78 is 42.2. The molecule has 4 heterocycles. The Morgan fingerprint density at radius 1 is 1.02 bits per heavy atom. The van der Waals surface area contributed by atoms with Crippen molar-refractivity contribution in [2.75, 3.05) is 32.3 Å². The second-order valence-electron chi connectivity index (χ2n) is 13.4. The van der Waals surface area contributed by atoms with Crippen LogP contribution in [0.3, 0.4) is 0 Å². The number of rotatable bonds is 11. The molecule has 10 nitrogen and oxygen atoms in total. The van der Waals surface area contributed by atoms with Gasteiger partial charge in [-0.05, 0) is 34.9 Å². The lowest BCUT2D eigenvalue weighted by atomic mass is 10.0. The number of benzene rings is 2. The zero-order chi connectivity index (χ0) is 32.6. The first-order chi connectivity index (χ1) is 21.8. The standard InChI is InChI=1S/C33H41ClN4O6SSi/c1-45(2,40)35-17-21-7-6-8-24(15-21)22-9-11-23(12-10-22)29-25(34)16-26-32(37-29)38(20-41-13-14-46(3,4)5)33(36-26)44-28-19-43-30-27(39)18-42-31(28)30/h6-12,15-16,27-28,30-31,39H,13-14,17-20H2,1-5H3/t27-,28-,30-,31-/m1/s1. The molecule has 13 heteroatoms. The molecule has 2 fully saturated rings. The highest BCUT2D eigenvalue weighted by molar-refractivity contribution is 7.92. The number of hydrogen-bond donors (Lipinski definition) is 1. The molecule has 0 saturated carbocycles. The van der Waals surface area contributed by atoms with E-state index in [-0.39, 0.29) is 26.0 Å². The van der Waals surface area contributed by atoms with Crippen LogP contribution in [0.2, 0.25) is 30.7 Å². The highest BCUT2D eigenvalue weighted by Crippen LogP contribution is 2.35. The first-order valence-electron chi connectivity index (χ1n) is 15.4. The summed E-state index contributed by atoms with van der Waals surface area (Å²) in [5, 5.41) is 10.7. The van der Waals surface area contributed by atoms with Gasteiger partial charge in [-0.1, -0.05) is 73.7 Å². The van der Waals surface area contributed by atoms with Gasteiger partial charge in [0, 0.05) is 42.5 Å². The van der Waals surface area contributed by atoms with Crippen molar-refractivity contribution in [1.29, 1.82) is 0 Å². The Kier molecular flexibility index (Phi) is 9.59. The summed E-state index contributed by atoms with van der Waals surface area (Å²) in [5.41, 5.74) is 5.73. The third kappa shape index (κ3) is 7.65. The molecule has 0 spiro atoms. The van der Waals surface area contributed by atoms with Crippen LogP contribution in [0.5, 0.6) is 6.01 Å². The van der Waals surface area contributed by atoms with E-state index in [2.05, 4.69) is 30.1 Å². The van der Waals surface area contributed by atoms with E-state index in [0.29, 0.717) is 41.0 Å². The molecule has 0 amide bonds. The van der Waals surface area contributed by atoms with Crippen molar-refractivity contribution in [3.05, 3.63) is 65.2 Å². The van der Waals surface area contributed by atoms with Crippen LogP contribution in [0.25, 0.3) is 33.5 Å². The van der Waals surface area contributed by atoms with Crippen LogP contribution in [0.15, 0.2) is 59.0 Å². The third-order valence-corrected chi connectivity index (χ3v) is 10.8. The Balaban J connectivity index is 1.29. The largest absolute Gasteiger partial charge is 0.456 e. The van der Waals surface area contributed by atoms with E-state index in [1.165, 1.54) is 0 Å². The molecule has 4 atom stereocenters. The first-order valence-corrected chi connectivity index (χ1v) is 21.8. The van der Waals surface area contributed by atoms with Crippen LogP contribution < -0.4 is 4.74 Å². The fraction of sp³-hybridized carbons (Fsp3) is 0.455. The van der Waals surface area contributed by atoms with Gasteiger partial charge in [0.05, 0.1) is 30.5 Å². The lowest BCUT2D eigenvalue weighted by molar-refractivity contribution is 0.00336.